The van der Waals surface area contributed by atoms with Gasteiger partial charge < -0.3 is 24.8 Å². The molecule has 31 heavy (non-hydrogen) atoms. The van der Waals surface area contributed by atoms with E-state index in [9.17, 15) is 18.8 Å². The smallest absolute Gasteiger partial charge is 0.329 e. The monoisotopic (exact) mass is 432 g/mol. The minimum Gasteiger partial charge on any atom is -0.497 e. The van der Waals surface area contributed by atoms with E-state index in [1.165, 1.54) is 44.6 Å². The summed E-state index contributed by atoms with van der Waals surface area (Å²) in [6.07, 6.45) is 0. The summed E-state index contributed by atoms with van der Waals surface area (Å²) in [5, 5.41) is 5.04. The van der Waals surface area contributed by atoms with E-state index in [0.717, 1.165) is 6.07 Å². The number of hydrogen-bond donors (Lipinski definition) is 2. The maximum Gasteiger partial charge on any atom is 0.329 e. The fourth-order valence-corrected chi connectivity index (χ4v) is 2.65. The number of ether oxygens (including phenoxy) is 3. The zero-order valence-electron chi connectivity index (χ0n) is 17.7. The molecule has 0 saturated heterocycles. The number of benzene rings is 2. The zero-order chi connectivity index (χ0) is 23.0. The molecule has 9 heteroatoms. The summed E-state index contributed by atoms with van der Waals surface area (Å²) in [7, 11) is 2.92. The van der Waals surface area contributed by atoms with Gasteiger partial charge in [0.2, 0.25) is 0 Å². The molecule has 0 aliphatic heterocycles. The summed E-state index contributed by atoms with van der Waals surface area (Å²) < 4.78 is 28.5. The topological polar surface area (TPSA) is 103 Å². The van der Waals surface area contributed by atoms with E-state index in [1.54, 1.807) is 19.9 Å². The lowest BCUT2D eigenvalue weighted by Gasteiger charge is -2.21. The van der Waals surface area contributed by atoms with Crippen molar-refractivity contribution in [1.82, 2.24) is 5.32 Å². The van der Waals surface area contributed by atoms with E-state index in [0.29, 0.717) is 11.5 Å². The predicted molar refractivity (Wildman–Crippen MR) is 112 cm³/mol. The third-order valence-electron chi connectivity index (χ3n) is 4.27. The van der Waals surface area contributed by atoms with E-state index in [4.69, 9.17) is 14.2 Å². The summed E-state index contributed by atoms with van der Waals surface area (Å²) >= 11 is 0. The molecule has 2 amide bonds. The van der Waals surface area contributed by atoms with Crippen molar-refractivity contribution in [2.24, 2.45) is 5.92 Å². The first-order chi connectivity index (χ1) is 14.7. The van der Waals surface area contributed by atoms with Gasteiger partial charge in [-0.2, -0.15) is 0 Å². The number of carbonyl (C=O) groups excluding carboxylic acids is 3. The van der Waals surface area contributed by atoms with Crippen molar-refractivity contribution in [3.63, 3.8) is 0 Å². The van der Waals surface area contributed by atoms with Crippen molar-refractivity contribution < 1.29 is 33.0 Å². The first-order valence-electron chi connectivity index (χ1n) is 9.49. The highest BCUT2D eigenvalue weighted by atomic mass is 19.1. The second-order valence-electron chi connectivity index (χ2n) is 6.96. The van der Waals surface area contributed by atoms with Crippen molar-refractivity contribution in [3.8, 4) is 11.5 Å². The van der Waals surface area contributed by atoms with Gasteiger partial charge in [0.25, 0.3) is 11.8 Å². The van der Waals surface area contributed by atoms with Gasteiger partial charge in [-0.3, -0.25) is 9.59 Å². The molecule has 0 aliphatic rings. The van der Waals surface area contributed by atoms with Crippen LogP contribution in [-0.4, -0.2) is 44.7 Å². The summed E-state index contributed by atoms with van der Waals surface area (Å²) in [6.45, 7) is 2.87. The number of esters is 1. The normalized spacial score (nSPS) is 11.4. The van der Waals surface area contributed by atoms with E-state index >= 15 is 0 Å². The Morgan fingerprint density at radius 3 is 2.19 bits per heavy atom. The van der Waals surface area contributed by atoms with Crippen LogP contribution < -0.4 is 20.1 Å². The average Bonchev–Trinajstić information content (AvgIpc) is 2.74. The fourth-order valence-electron chi connectivity index (χ4n) is 2.65. The van der Waals surface area contributed by atoms with Crippen molar-refractivity contribution in [2.45, 2.75) is 19.9 Å². The lowest BCUT2D eigenvalue weighted by Crippen LogP contribution is -2.46. The van der Waals surface area contributed by atoms with Gasteiger partial charge in [0, 0.05) is 17.3 Å². The standard InChI is InChI=1S/C22H25FN2O6/c1-13(2)20(25-21(27)14-8-17(29-3)11-18(9-14)30-4)22(28)31-12-19(26)24-16-7-5-6-15(23)10-16/h5-11,13,20H,12H2,1-4H3,(H,24,26)(H,25,27)/t20-/m1/s1. The largest absolute Gasteiger partial charge is 0.497 e. The van der Waals surface area contributed by atoms with Crippen LogP contribution in [-0.2, 0) is 14.3 Å². The molecule has 2 aromatic rings. The number of anilines is 1. The van der Waals surface area contributed by atoms with Gasteiger partial charge in [-0.1, -0.05) is 19.9 Å². The maximum absolute atomic E-state index is 13.2. The zero-order valence-corrected chi connectivity index (χ0v) is 17.7. The molecule has 166 valence electrons. The Morgan fingerprint density at radius 1 is 1.00 bits per heavy atom. The molecule has 2 rings (SSSR count). The molecule has 1 atom stereocenters. The Labute approximate surface area is 179 Å². The van der Waals surface area contributed by atoms with Gasteiger partial charge >= 0.3 is 5.97 Å². The summed E-state index contributed by atoms with van der Waals surface area (Å²) in [6, 6.07) is 8.95. The minimum absolute atomic E-state index is 0.235. The first-order valence-corrected chi connectivity index (χ1v) is 9.49. The Hall–Kier alpha value is -3.62. The Morgan fingerprint density at radius 2 is 1.65 bits per heavy atom. The van der Waals surface area contributed by atoms with Crippen LogP contribution >= 0.6 is 0 Å². The lowest BCUT2D eigenvalue weighted by atomic mass is 10.0. The fraction of sp³-hybridized carbons (Fsp3) is 0.318. The van der Waals surface area contributed by atoms with Crippen LogP contribution in [0.25, 0.3) is 0 Å². The molecule has 2 aromatic carbocycles. The van der Waals surface area contributed by atoms with Crippen LogP contribution in [0.1, 0.15) is 24.2 Å². The van der Waals surface area contributed by atoms with Crippen LogP contribution in [0, 0.1) is 11.7 Å². The summed E-state index contributed by atoms with van der Waals surface area (Å²) in [4.78, 5) is 37.1. The molecule has 0 aromatic heterocycles. The van der Waals surface area contributed by atoms with Gasteiger partial charge in [0.15, 0.2) is 6.61 Å². The minimum atomic E-state index is -0.994. The van der Waals surface area contributed by atoms with Crippen molar-refractivity contribution in [3.05, 3.63) is 53.8 Å². The molecule has 2 N–H and O–H groups in total. The molecule has 0 radical (unpaired) electrons. The van der Waals surface area contributed by atoms with Gasteiger partial charge in [-0.15, -0.1) is 0 Å². The lowest BCUT2D eigenvalue weighted by molar-refractivity contribution is -0.150. The van der Waals surface area contributed by atoms with Crippen LogP contribution in [0.2, 0.25) is 0 Å². The second kappa shape index (κ2) is 11.0. The molecule has 0 aliphatic carbocycles. The predicted octanol–water partition coefficient (Wildman–Crippen LogP) is 2.78. The SMILES string of the molecule is COc1cc(OC)cc(C(=O)N[C@@H](C(=O)OCC(=O)Nc2cccc(F)c2)C(C)C)c1. The Kier molecular flexibility index (Phi) is 8.36. The second-order valence-corrected chi connectivity index (χ2v) is 6.96. The van der Waals surface area contributed by atoms with E-state index in [2.05, 4.69) is 10.6 Å². The van der Waals surface area contributed by atoms with Gasteiger partial charge in [-0.25, -0.2) is 9.18 Å². The molecule has 0 heterocycles. The van der Waals surface area contributed by atoms with Crippen LogP contribution in [0.5, 0.6) is 11.5 Å². The maximum atomic E-state index is 13.2. The molecular weight excluding hydrogens is 407 g/mol. The Balaban J connectivity index is 2.00. The number of methoxy groups -OCH3 is 2. The molecule has 0 bridgehead atoms. The number of rotatable bonds is 9. The number of halogens is 1. The molecule has 0 spiro atoms. The first kappa shape index (κ1) is 23.7. The third-order valence-corrected chi connectivity index (χ3v) is 4.27. The summed E-state index contributed by atoms with van der Waals surface area (Å²) in [5.41, 5.74) is 0.472. The van der Waals surface area contributed by atoms with E-state index in [-0.39, 0.29) is 17.2 Å². The Bertz CT molecular complexity index is 925. The molecule has 0 saturated carbocycles. The number of carbonyl (C=O) groups is 3. The van der Waals surface area contributed by atoms with Gasteiger partial charge in [-0.05, 0) is 36.2 Å². The molecule has 8 nitrogen and oxygen atoms in total. The molecule has 0 fully saturated rings. The van der Waals surface area contributed by atoms with Crippen LogP contribution in [0.15, 0.2) is 42.5 Å². The quantitative estimate of drug-likeness (QED) is 0.591. The highest BCUT2D eigenvalue weighted by molar-refractivity contribution is 5.98. The highest BCUT2D eigenvalue weighted by Crippen LogP contribution is 2.22. The van der Waals surface area contributed by atoms with E-state index < -0.39 is 36.2 Å². The highest BCUT2D eigenvalue weighted by Gasteiger charge is 2.27. The molecule has 0 unspecified atom stereocenters. The van der Waals surface area contributed by atoms with E-state index in [1.807, 2.05) is 0 Å². The van der Waals surface area contributed by atoms with Crippen LogP contribution in [0.4, 0.5) is 10.1 Å². The van der Waals surface area contributed by atoms with Gasteiger partial charge in [0.1, 0.15) is 23.4 Å². The third kappa shape index (κ3) is 6.98. The average molecular weight is 432 g/mol. The number of nitrogens with one attached hydrogen (secondary N) is 2. The van der Waals surface area contributed by atoms with Gasteiger partial charge in [0.05, 0.1) is 14.2 Å². The van der Waals surface area contributed by atoms with Crippen LogP contribution in [0.3, 0.4) is 0 Å². The van der Waals surface area contributed by atoms with Crippen molar-refractivity contribution in [2.75, 3.05) is 26.1 Å². The molecular formula is C22H25FN2O6. The van der Waals surface area contributed by atoms with Crippen molar-refractivity contribution in [1.29, 1.82) is 0 Å². The van der Waals surface area contributed by atoms with Crippen molar-refractivity contribution >= 4 is 23.5 Å². The number of amides is 2. The summed E-state index contributed by atoms with van der Waals surface area (Å²) in [5.74, 6) is -1.92. The number of hydrogen-bond acceptors (Lipinski definition) is 6.